The second-order valence-electron chi connectivity index (χ2n) is 7.87. The number of nitrogens with zero attached hydrogens (tertiary/aromatic N) is 2. The largest absolute Gasteiger partial charge is 0.444 e. The number of carbonyl (C=O) groups is 1. The fourth-order valence-corrected chi connectivity index (χ4v) is 4.62. The molecule has 1 amide bonds. The van der Waals surface area contributed by atoms with E-state index in [-0.39, 0.29) is 22.9 Å². The number of anilines is 2. The lowest BCUT2D eigenvalue weighted by molar-refractivity contribution is -0.178. The van der Waals surface area contributed by atoms with Crippen LogP contribution in [0.15, 0.2) is 12.1 Å². The molecule has 4 aliphatic rings. The average Bonchev–Trinajstić information content (AvgIpc) is 3.00. The topological polar surface area (TPSA) is 51.2 Å². The van der Waals surface area contributed by atoms with Crippen molar-refractivity contribution in [1.29, 1.82) is 0 Å². The number of ether oxygens (including phenoxy) is 3. The van der Waals surface area contributed by atoms with E-state index in [1.165, 1.54) is 17.0 Å². The number of amides is 1. The predicted octanol–water partition coefficient (Wildman–Crippen LogP) is 3.04. The molecule has 1 atom stereocenters. The van der Waals surface area contributed by atoms with Gasteiger partial charge in [-0.1, -0.05) is 6.92 Å². The minimum Gasteiger partial charge on any atom is -0.444 e. The van der Waals surface area contributed by atoms with Crippen molar-refractivity contribution >= 4 is 17.5 Å². The van der Waals surface area contributed by atoms with Gasteiger partial charge in [-0.05, 0) is 19.3 Å². The summed E-state index contributed by atoms with van der Waals surface area (Å²) in [5.74, 6) is -2.13. The van der Waals surface area contributed by atoms with E-state index in [1.807, 2.05) is 6.92 Å². The molecular weight excluding hydrogens is 358 g/mol. The number of carbonyl (C=O) groups excluding carboxylic acids is 1. The number of halogens is 2. The Balaban J connectivity index is 1.44. The molecule has 1 aromatic rings. The Morgan fingerprint density at radius 2 is 1.81 bits per heavy atom. The van der Waals surface area contributed by atoms with Crippen molar-refractivity contribution in [3.8, 4) is 0 Å². The Kier molecular flexibility index (Phi) is 3.68. The fraction of sp³-hybridized carbons (Fsp3) is 0.632. The first-order valence-corrected chi connectivity index (χ1v) is 9.47. The van der Waals surface area contributed by atoms with E-state index >= 15 is 0 Å². The summed E-state index contributed by atoms with van der Waals surface area (Å²) in [4.78, 5) is 14.9. The third-order valence-corrected chi connectivity index (χ3v) is 6.27. The Morgan fingerprint density at radius 3 is 2.37 bits per heavy atom. The number of rotatable bonds is 3. The second-order valence-corrected chi connectivity index (χ2v) is 7.87. The summed E-state index contributed by atoms with van der Waals surface area (Å²) < 4.78 is 46.8. The predicted molar refractivity (Wildman–Crippen MR) is 92.8 cm³/mol. The molecule has 0 N–H and O–H groups in total. The third-order valence-electron chi connectivity index (χ3n) is 6.27. The molecule has 0 bridgehead atoms. The second kappa shape index (κ2) is 5.78. The van der Waals surface area contributed by atoms with Crippen LogP contribution in [0.2, 0.25) is 0 Å². The van der Waals surface area contributed by atoms with Gasteiger partial charge in [0.25, 0.3) is 0 Å². The number of cyclic esters (lactones) is 1. The lowest BCUT2D eigenvalue weighted by Gasteiger charge is -2.28. The van der Waals surface area contributed by atoms with Crippen LogP contribution in [0.4, 0.5) is 25.0 Å². The van der Waals surface area contributed by atoms with Gasteiger partial charge in [0.1, 0.15) is 11.8 Å². The summed E-state index contributed by atoms with van der Waals surface area (Å²) in [6.45, 7) is 4.03. The zero-order valence-electron chi connectivity index (χ0n) is 15.2. The molecule has 4 fully saturated rings. The number of benzene rings is 1. The van der Waals surface area contributed by atoms with Crippen molar-refractivity contribution in [3.63, 3.8) is 0 Å². The summed E-state index contributed by atoms with van der Waals surface area (Å²) in [5.41, 5.74) is -0.0764. The maximum Gasteiger partial charge on any atom is 0.414 e. The monoisotopic (exact) mass is 380 g/mol. The molecule has 27 heavy (non-hydrogen) atoms. The number of hydrogen-bond acceptors (Lipinski definition) is 5. The molecule has 1 saturated carbocycles. The zero-order valence-corrected chi connectivity index (χ0v) is 15.2. The van der Waals surface area contributed by atoms with Gasteiger partial charge in [0.05, 0.1) is 32.0 Å². The van der Waals surface area contributed by atoms with Crippen molar-refractivity contribution < 1.29 is 27.8 Å². The van der Waals surface area contributed by atoms with Crippen molar-refractivity contribution in [3.05, 3.63) is 23.8 Å². The standard InChI is InChI=1S/C19H22F2N2O4/c1-2-13-9-23(17(24)27-13)12-7-14(20)16(15(21)8-12)22-10-18(3-4-18)19(11-22)25-5-6-26-19/h7-8,13H,2-6,9-11H2,1H3/t13-/m0/s1. The van der Waals surface area contributed by atoms with Crippen molar-refractivity contribution in [2.24, 2.45) is 5.41 Å². The molecule has 1 aromatic carbocycles. The van der Waals surface area contributed by atoms with E-state index < -0.39 is 23.5 Å². The number of hydrogen-bond donors (Lipinski definition) is 0. The summed E-state index contributed by atoms with van der Waals surface area (Å²) in [5, 5.41) is 0. The molecule has 3 aliphatic heterocycles. The first kappa shape index (κ1) is 17.2. The average molecular weight is 380 g/mol. The third kappa shape index (κ3) is 2.46. The van der Waals surface area contributed by atoms with Crippen LogP contribution in [0.25, 0.3) is 0 Å². The maximum absolute atomic E-state index is 14.9. The summed E-state index contributed by atoms with van der Waals surface area (Å²) in [7, 11) is 0. The van der Waals surface area contributed by atoms with Gasteiger partial charge in [-0.3, -0.25) is 4.90 Å². The van der Waals surface area contributed by atoms with Crippen molar-refractivity contribution in [2.45, 2.75) is 38.1 Å². The van der Waals surface area contributed by atoms with Crippen LogP contribution in [0.5, 0.6) is 0 Å². The van der Waals surface area contributed by atoms with Gasteiger partial charge < -0.3 is 19.1 Å². The molecule has 3 heterocycles. The van der Waals surface area contributed by atoms with E-state index in [0.29, 0.717) is 39.3 Å². The Labute approximate surface area is 156 Å². The molecule has 146 valence electrons. The van der Waals surface area contributed by atoms with Crippen molar-refractivity contribution in [2.75, 3.05) is 42.6 Å². The van der Waals surface area contributed by atoms with Crippen molar-refractivity contribution in [1.82, 2.24) is 0 Å². The normalized spacial score (nSPS) is 27.8. The molecule has 3 saturated heterocycles. The summed E-state index contributed by atoms with van der Waals surface area (Å²) >= 11 is 0. The lowest BCUT2D eigenvalue weighted by atomic mass is 10.00. The molecule has 1 aliphatic carbocycles. The van der Waals surface area contributed by atoms with Gasteiger partial charge in [-0.2, -0.15) is 0 Å². The molecule has 6 nitrogen and oxygen atoms in total. The summed E-state index contributed by atoms with van der Waals surface area (Å²) in [6.07, 6.45) is 1.70. The van der Waals surface area contributed by atoms with Crippen LogP contribution in [-0.2, 0) is 14.2 Å². The van der Waals surface area contributed by atoms with E-state index in [2.05, 4.69) is 0 Å². The highest BCUT2D eigenvalue weighted by molar-refractivity contribution is 5.90. The first-order chi connectivity index (χ1) is 13.0. The summed E-state index contributed by atoms with van der Waals surface area (Å²) in [6, 6.07) is 2.41. The van der Waals surface area contributed by atoms with Gasteiger partial charge >= 0.3 is 6.09 Å². The van der Waals surface area contributed by atoms with Crippen LogP contribution >= 0.6 is 0 Å². The van der Waals surface area contributed by atoms with E-state index in [9.17, 15) is 13.6 Å². The quantitative estimate of drug-likeness (QED) is 0.807. The van der Waals surface area contributed by atoms with Gasteiger partial charge in [0.15, 0.2) is 17.4 Å². The Bertz CT molecular complexity index is 769. The molecule has 5 rings (SSSR count). The highest BCUT2D eigenvalue weighted by atomic mass is 19.1. The zero-order chi connectivity index (χ0) is 18.8. The first-order valence-electron chi connectivity index (χ1n) is 9.47. The van der Waals surface area contributed by atoms with Crippen LogP contribution in [0.3, 0.4) is 0 Å². The smallest absolute Gasteiger partial charge is 0.414 e. The molecule has 2 spiro atoms. The number of fused-ring (bicyclic) bond motifs is 1. The van der Waals surface area contributed by atoms with Gasteiger partial charge in [0, 0.05) is 24.1 Å². The van der Waals surface area contributed by atoms with Crippen LogP contribution < -0.4 is 9.80 Å². The van der Waals surface area contributed by atoms with Crippen LogP contribution in [0.1, 0.15) is 26.2 Å². The Morgan fingerprint density at radius 1 is 1.15 bits per heavy atom. The lowest BCUT2D eigenvalue weighted by Crippen LogP contribution is -2.40. The maximum atomic E-state index is 14.9. The molecule has 0 unspecified atom stereocenters. The highest BCUT2D eigenvalue weighted by Crippen LogP contribution is 2.62. The molecule has 0 radical (unpaired) electrons. The van der Waals surface area contributed by atoms with E-state index in [4.69, 9.17) is 14.2 Å². The minimum absolute atomic E-state index is 0.0828. The van der Waals surface area contributed by atoms with Gasteiger partial charge in [-0.15, -0.1) is 0 Å². The minimum atomic E-state index is -0.752. The van der Waals surface area contributed by atoms with Crippen LogP contribution in [-0.4, -0.2) is 50.8 Å². The van der Waals surface area contributed by atoms with E-state index in [0.717, 1.165) is 12.8 Å². The highest BCUT2D eigenvalue weighted by Gasteiger charge is 2.68. The molecular formula is C19H22F2N2O4. The molecule has 0 aromatic heterocycles. The fourth-order valence-electron chi connectivity index (χ4n) is 4.62. The molecule has 8 heteroatoms. The van der Waals surface area contributed by atoms with Gasteiger partial charge in [0.2, 0.25) is 0 Å². The van der Waals surface area contributed by atoms with Gasteiger partial charge in [-0.25, -0.2) is 13.6 Å². The van der Waals surface area contributed by atoms with E-state index in [1.54, 1.807) is 4.90 Å². The SMILES string of the molecule is CC[C@H]1CN(c2cc(F)c(N3CC4(CC4)C4(C3)OCCO4)c(F)c2)C(=O)O1. The Hall–Kier alpha value is -1.93. The van der Waals surface area contributed by atoms with Crippen LogP contribution in [0, 0.1) is 17.0 Å².